The lowest BCUT2D eigenvalue weighted by Crippen LogP contribution is -2.28. The number of nitrogens with zero attached hydrogens (tertiary/aromatic N) is 2. The van der Waals surface area contributed by atoms with Crippen LogP contribution in [0.15, 0.2) is 12.3 Å². The molecule has 17 heavy (non-hydrogen) atoms. The average Bonchev–Trinajstić information content (AvgIpc) is 2.36. The van der Waals surface area contributed by atoms with Crippen LogP contribution in [-0.4, -0.2) is 31.3 Å². The van der Waals surface area contributed by atoms with Crippen molar-refractivity contribution >= 4 is 17.4 Å². The molecule has 0 aromatic carbocycles. The van der Waals surface area contributed by atoms with Crippen molar-refractivity contribution in [1.82, 2.24) is 4.98 Å². The largest absolute Gasteiger partial charge is 0.380 e. The predicted molar refractivity (Wildman–Crippen MR) is 71.5 cm³/mol. The molecule has 0 saturated carbocycles. The summed E-state index contributed by atoms with van der Waals surface area (Å²) < 4.78 is 5.35. The van der Waals surface area contributed by atoms with E-state index in [1.807, 2.05) is 13.0 Å². The van der Waals surface area contributed by atoms with E-state index in [4.69, 9.17) is 22.1 Å². The highest BCUT2D eigenvalue weighted by Gasteiger charge is 2.08. The summed E-state index contributed by atoms with van der Waals surface area (Å²) in [5.74, 6) is 0.900. The topological polar surface area (TPSA) is 51.4 Å². The quantitative estimate of drug-likeness (QED) is 0.760. The second-order valence-corrected chi connectivity index (χ2v) is 4.02. The zero-order valence-electron chi connectivity index (χ0n) is 10.4. The molecule has 0 aliphatic carbocycles. The number of hydrogen-bond acceptors (Lipinski definition) is 4. The lowest BCUT2D eigenvalue weighted by Gasteiger charge is -2.22. The molecule has 96 valence electrons. The highest BCUT2D eigenvalue weighted by molar-refractivity contribution is 6.31. The van der Waals surface area contributed by atoms with E-state index in [9.17, 15) is 0 Å². The van der Waals surface area contributed by atoms with Gasteiger partial charge in [0.05, 0.1) is 11.6 Å². The molecule has 1 heterocycles. The van der Waals surface area contributed by atoms with E-state index in [-0.39, 0.29) is 0 Å². The number of halogens is 1. The normalized spacial score (nSPS) is 10.6. The summed E-state index contributed by atoms with van der Waals surface area (Å²) in [5, 5.41) is 0.622. The Morgan fingerprint density at radius 3 is 2.82 bits per heavy atom. The van der Waals surface area contributed by atoms with E-state index in [0.29, 0.717) is 18.2 Å². The molecule has 0 bridgehead atoms. The van der Waals surface area contributed by atoms with Gasteiger partial charge in [-0.1, -0.05) is 11.6 Å². The first-order valence-electron chi connectivity index (χ1n) is 5.90. The van der Waals surface area contributed by atoms with E-state index < -0.39 is 0 Å². The van der Waals surface area contributed by atoms with Gasteiger partial charge in [-0.15, -0.1) is 0 Å². The summed E-state index contributed by atoms with van der Waals surface area (Å²) in [5.41, 5.74) is 6.55. The Labute approximate surface area is 108 Å². The van der Waals surface area contributed by atoms with Gasteiger partial charge in [0.1, 0.15) is 5.82 Å². The Bertz CT molecular complexity index is 347. The second kappa shape index (κ2) is 7.48. The molecule has 1 aromatic rings. The van der Waals surface area contributed by atoms with Crippen LogP contribution >= 0.6 is 11.6 Å². The molecule has 0 aliphatic rings. The van der Waals surface area contributed by atoms with Crippen LogP contribution in [0.3, 0.4) is 0 Å². The second-order valence-electron chi connectivity index (χ2n) is 3.61. The summed E-state index contributed by atoms with van der Waals surface area (Å²) in [4.78, 5) is 6.46. The van der Waals surface area contributed by atoms with Crippen molar-refractivity contribution in [2.45, 2.75) is 20.4 Å². The maximum Gasteiger partial charge on any atom is 0.128 e. The lowest BCUT2D eigenvalue weighted by molar-refractivity contribution is 0.154. The van der Waals surface area contributed by atoms with Crippen LogP contribution in [0, 0.1) is 0 Å². The Hall–Kier alpha value is -0.840. The van der Waals surface area contributed by atoms with Crippen molar-refractivity contribution in [3.05, 3.63) is 22.8 Å². The van der Waals surface area contributed by atoms with Crippen LogP contribution in [0.5, 0.6) is 0 Å². The van der Waals surface area contributed by atoms with E-state index in [0.717, 1.165) is 31.1 Å². The predicted octanol–water partition coefficient (Wildman–Crippen LogP) is 2.06. The zero-order chi connectivity index (χ0) is 12.7. The summed E-state index contributed by atoms with van der Waals surface area (Å²) in [7, 11) is 0. The molecule has 1 rings (SSSR count). The maximum absolute atomic E-state index is 5.99. The van der Waals surface area contributed by atoms with Crippen molar-refractivity contribution < 1.29 is 4.74 Å². The van der Waals surface area contributed by atoms with Gasteiger partial charge in [-0.3, -0.25) is 0 Å². The first-order chi connectivity index (χ1) is 8.22. The summed E-state index contributed by atoms with van der Waals surface area (Å²) >= 11 is 5.99. The van der Waals surface area contributed by atoms with Gasteiger partial charge in [0.15, 0.2) is 0 Å². The average molecular weight is 258 g/mol. The fourth-order valence-electron chi connectivity index (χ4n) is 1.55. The third-order valence-corrected chi connectivity index (χ3v) is 2.90. The molecule has 0 spiro atoms. The van der Waals surface area contributed by atoms with Crippen molar-refractivity contribution in [2.24, 2.45) is 5.73 Å². The van der Waals surface area contributed by atoms with Crippen LogP contribution in [-0.2, 0) is 11.3 Å². The lowest BCUT2D eigenvalue weighted by atomic mass is 10.2. The molecule has 4 nitrogen and oxygen atoms in total. The number of pyridine rings is 1. The van der Waals surface area contributed by atoms with Crippen molar-refractivity contribution in [1.29, 1.82) is 0 Å². The molecular formula is C12H20ClN3O. The molecule has 1 aromatic heterocycles. The van der Waals surface area contributed by atoms with E-state index in [1.165, 1.54) is 0 Å². The van der Waals surface area contributed by atoms with Crippen molar-refractivity contribution in [3.8, 4) is 0 Å². The molecule has 2 N–H and O–H groups in total. The zero-order valence-corrected chi connectivity index (χ0v) is 11.2. The third-order valence-electron chi connectivity index (χ3n) is 2.56. The first-order valence-corrected chi connectivity index (χ1v) is 6.27. The van der Waals surface area contributed by atoms with E-state index in [2.05, 4.69) is 16.8 Å². The SMILES string of the molecule is CCOCCN(CC)c1cc(CN)c(Cl)cn1. The van der Waals surface area contributed by atoms with Gasteiger partial charge in [-0.05, 0) is 25.5 Å². The number of likely N-dealkylation sites (N-methyl/N-ethyl adjacent to an activating group) is 1. The monoisotopic (exact) mass is 257 g/mol. The van der Waals surface area contributed by atoms with Gasteiger partial charge in [0.2, 0.25) is 0 Å². The minimum absolute atomic E-state index is 0.428. The van der Waals surface area contributed by atoms with Gasteiger partial charge in [0.25, 0.3) is 0 Å². The maximum atomic E-state index is 5.99. The van der Waals surface area contributed by atoms with Crippen LogP contribution in [0.1, 0.15) is 19.4 Å². The Kier molecular flexibility index (Phi) is 6.26. The number of nitrogens with two attached hydrogens (primary N) is 1. The first kappa shape index (κ1) is 14.2. The van der Waals surface area contributed by atoms with Crippen LogP contribution in [0.2, 0.25) is 5.02 Å². The molecule has 5 heteroatoms. The van der Waals surface area contributed by atoms with Crippen LogP contribution in [0.25, 0.3) is 0 Å². The molecule has 0 amide bonds. The summed E-state index contributed by atoms with van der Waals surface area (Å²) in [6.07, 6.45) is 1.66. The van der Waals surface area contributed by atoms with E-state index >= 15 is 0 Å². The minimum atomic E-state index is 0.428. The Morgan fingerprint density at radius 2 is 2.24 bits per heavy atom. The summed E-state index contributed by atoms with van der Waals surface area (Å²) in [6, 6.07) is 1.94. The van der Waals surface area contributed by atoms with Gasteiger partial charge >= 0.3 is 0 Å². The standard InChI is InChI=1S/C12H20ClN3O/c1-3-16(5-6-17-4-2)12-7-10(8-14)11(13)9-15-12/h7,9H,3-6,8,14H2,1-2H3. The third kappa shape index (κ3) is 4.15. The fraction of sp³-hybridized carbons (Fsp3) is 0.583. The highest BCUT2D eigenvalue weighted by atomic mass is 35.5. The number of hydrogen-bond donors (Lipinski definition) is 1. The smallest absolute Gasteiger partial charge is 0.128 e. The van der Waals surface area contributed by atoms with Gasteiger partial charge < -0.3 is 15.4 Å². The fourth-order valence-corrected chi connectivity index (χ4v) is 1.73. The van der Waals surface area contributed by atoms with Crippen molar-refractivity contribution in [2.75, 3.05) is 31.2 Å². The number of ether oxygens (including phenoxy) is 1. The van der Waals surface area contributed by atoms with Gasteiger partial charge in [-0.2, -0.15) is 0 Å². The molecule has 0 atom stereocenters. The molecule has 0 unspecified atom stereocenters. The Balaban J connectivity index is 2.73. The molecular weight excluding hydrogens is 238 g/mol. The molecule has 0 fully saturated rings. The van der Waals surface area contributed by atoms with Crippen LogP contribution < -0.4 is 10.6 Å². The van der Waals surface area contributed by atoms with E-state index in [1.54, 1.807) is 6.20 Å². The Morgan fingerprint density at radius 1 is 1.47 bits per heavy atom. The van der Waals surface area contributed by atoms with Gasteiger partial charge in [-0.25, -0.2) is 4.98 Å². The number of aromatic nitrogens is 1. The minimum Gasteiger partial charge on any atom is -0.380 e. The van der Waals surface area contributed by atoms with Crippen LogP contribution in [0.4, 0.5) is 5.82 Å². The van der Waals surface area contributed by atoms with Crippen molar-refractivity contribution in [3.63, 3.8) is 0 Å². The summed E-state index contributed by atoms with van der Waals surface area (Å²) in [6.45, 7) is 7.64. The molecule has 0 radical (unpaired) electrons. The number of anilines is 1. The molecule has 0 aliphatic heterocycles. The van der Waals surface area contributed by atoms with Gasteiger partial charge in [0, 0.05) is 32.4 Å². The highest BCUT2D eigenvalue weighted by Crippen LogP contribution is 2.19. The molecule has 0 saturated heterocycles. The number of rotatable bonds is 7.